The molecule has 2 aromatic rings. The third kappa shape index (κ3) is 3.16. The highest BCUT2D eigenvalue weighted by Crippen LogP contribution is 2.23. The molecule has 1 aromatic carbocycles. The van der Waals surface area contributed by atoms with Crippen LogP contribution in [0.25, 0.3) is 0 Å². The van der Waals surface area contributed by atoms with Crippen LogP contribution in [0.1, 0.15) is 23.0 Å². The highest BCUT2D eigenvalue weighted by atomic mass is 16.5. The van der Waals surface area contributed by atoms with Crippen molar-refractivity contribution in [3.05, 3.63) is 41.7 Å². The van der Waals surface area contributed by atoms with Gasteiger partial charge < -0.3 is 15.2 Å². The fraction of sp³-hybridized carbons (Fsp3) is 0.286. The molecule has 6 nitrogen and oxygen atoms in total. The molecule has 2 N–H and O–H groups in total. The van der Waals surface area contributed by atoms with Crippen molar-refractivity contribution in [1.29, 1.82) is 0 Å². The maximum absolute atomic E-state index is 12.0. The van der Waals surface area contributed by atoms with Gasteiger partial charge in [-0.15, -0.1) is 0 Å². The SMILES string of the molecule is CCOc1ccc(NC(=O)c2ccn(C)n2)cc1CO. The van der Waals surface area contributed by atoms with Crippen LogP contribution in [0.3, 0.4) is 0 Å². The lowest BCUT2D eigenvalue weighted by Gasteiger charge is -2.10. The molecule has 0 spiro atoms. The molecule has 0 aliphatic heterocycles. The molecule has 1 amide bonds. The lowest BCUT2D eigenvalue weighted by molar-refractivity contribution is 0.102. The summed E-state index contributed by atoms with van der Waals surface area (Å²) in [6, 6.07) is 6.77. The molecule has 0 saturated heterocycles. The van der Waals surface area contributed by atoms with E-state index < -0.39 is 0 Å². The summed E-state index contributed by atoms with van der Waals surface area (Å²) in [6.07, 6.45) is 1.70. The number of hydrogen-bond acceptors (Lipinski definition) is 4. The van der Waals surface area contributed by atoms with Gasteiger partial charge in [0.1, 0.15) is 5.75 Å². The van der Waals surface area contributed by atoms with E-state index in [1.807, 2.05) is 6.92 Å². The second-order valence-electron chi connectivity index (χ2n) is 4.24. The van der Waals surface area contributed by atoms with Gasteiger partial charge in [-0.1, -0.05) is 0 Å². The van der Waals surface area contributed by atoms with Crippen LogP contribution in [-0.4, -0.2) is 27.4 Å². The van der Waals surface area contributed by atoms with Crippen molar-refractivity contribution >= 4 is 11.6 Å². The summed E-state index contributed by atoms with van der Waals surface area (Å²) < 4.78 is 6.95. The summed E-state index contributed by atoms with van der Waals surface area (Å²) >= 11 is 0. The predicted octanol–water partition coefficient (Wildman–Crippen LogP) is 1.56. The van der Waals surface area contributed by atoms with E-state index in [2.05, 4.69) is 10.4 Å². The molecule has 1 aromatic heterocycles. The number of nitrogens with one attached hydrogen (secondary N) is 1. The number of aryl methyl sites for hydroxylation is 1. The molecule has 0 bridgehead atoms. The highest BCUT2D eigenvalue weighted by Gasteiger charge is 2.10. The van der Waals surface area contributed by atoms with Crippen molar-refractivity contribution < 1.29 is 14.6 Å². The number of carbonyl (C=O) groups excluding carboxylic acids is 1. The molecule has 106 valence electrons. The van der Waals surface area contributed by atoms with Crippen LogP contribution in [-0.2, 0) is 13.7 Å². The topological polar surface area (TPSA) is 76.4 Å². The number of anilines is 1. The fourth-order valence-electron chi connectivity index (χ4n) is 1.81. The lowest BCUT2D eigenvalue weighted by atomic mass is 10.2. The molecule has 0 radical (unpaired) electrons. The smallest absolute Gasteiger partial charge is 0.276 e. The Morgan fingerprint density at radius 1 is 1.45 bits per heavy atom. The number of aromatic nitrogens is 2. The van der Waals surface area contributed by atoms with Crippen LogP contribution < -0.4 is 10.1 Å². The Hall–Kier alpha value is -2.34. The number of hydrogen-bond donors (Lipinski definition) is 2. The third-order valence-electron chi connectivity index (χ3n) is 2.73. The van der Waals surface area contributed by atoms with Gasteiger partial charge in [-0.05, 0) is 31.2 Å². The monoisotopic (exact) mass is 275 g/mol. The summed E-state index contributed by atoms with van der Waals surface area (Å²) in [4.78, 5) is 12.0. The predicted molar refractivity (Wildman–Crippen MR) is 74.7 cm³/mol. The van der Waals surface area contributed by atoms with E-state index in [1.165, 1.54) is 0 Å². The molecule has 20 heavy (non-hydrogen) atoms. The van der Waals surface area contributed by atoms with Crippen molar-refractivity contribution in [1.82, 2.24) is 9.78 Å². The number of rotatable bonds is 5. The zero-order valence-electron chi connectivity index (χ0n) is 11.5. The molecule has 2 rings (SSSR count). The normalized spacial score (nSPS) is 10.3. The Morgan fingerprint density at radius 2 is 2.25 bits per heavy atom. The molecule has 0 fully saturated rings. The first-order valence-electron chi connectivity index (χ1n) is 6.31. The molecule has 0 atom stereocenters. The standard InChI is InChI=1S/C14H17N3O3/c1-3-20-13-5-4-11(8-10(13)9-18)15-14(19)12-6-7-17(2)16-12/h4-8,18H,3,9H2,1-2H3,(H,15,19). The van der Waals surface area contributed by atoms with Crippen molar-refractivity contribution in [3.8, 4) is 5.75 Å². The van der Waals surface area contributed by atoms with E-state index in [0.29, 0.717) is 29.3 Å². The van der Waals surface area contributed by atoms with Crippen LogP contribution in [0.2, 0.25) is 0 Å². The van der Waals surface area contributed by atoms with Crippen molar-refractivity contribution in [2.24, 2.45) is 7.05 Å². The summed E-state index contributed by atoms with van der Waals surface area (Å²) in [5, 5.41) is 16.1. The van der Waals surface area contributed by atoms with Crippen molar-refractivity contribution in [2.75, 3.05) is 11.9 Å². The fourth-order valence-corrected chi connectivity index (χ4v) is 1.81. The largest absolute Gasteiger partial charge is 0.494 e. The first-order chi connectivity index (χ1) is 9.63. The van der Waals surface area contributed by atoms with Crippen LogP contribution in [0, 0.1) is 0 Å². The van der Waals surface area contributed by atoms with Gasteiger partial charge >= 0.3 is 0 Å². The number of ether oxygens (including phenoxy) is 1. The first-order valence-corrected chi connectivity index (χ1v) is 6.31. The van der Waals surface area contributed by atoms with Gasteiger partial charge in [-0.2, -0.15) is 5.10 Å². The average Bonchev–Trinajstić information content (AvgIpc) is 2.87. The molecule has 6 heteroatoms. The minimum Gasteiger partial charge on any atom is -0.494 e. The van der Waals surface area contributed by atoms with E-state index >= 15 is 0 Å². The number of benzene rings is 1. The van der Waals surface area contributed by atoms with Gasteiger partial charge in [0.25, 0.3) is 5.91 Å². The molecule has 0 unspecified atom stereocenters. The summed E-state index contributed by atoms with van der Waals surface area (Å²) in [6.45, 7) is 2.24. The number of aliphatic hydroxyl groups is 1. The molecule has 0 aliphatic carbocycles. The third-order valence-corrected chi connectivity index (χ3v) is 2.73. The molecule has 1 heterocycles. The number of amides is 1. The van der Waals surface area contributed by atoms with Gasteiger partial charge in [0, 0.05) is 24.5 Å². The Morgan fingerprint density at radius 3 is 2.85 bits per heavy atom. The van der Waals surface area contributed by atoms with E-state index in [9.17, 15) is 9.90 Å². The molecule has 0 aliphatic rings. The maximum Gasteiger partial charge on any atom is 0.276 e. The lowest BCUT2D eigenvalue weighted by Crippen LogP contribution is -2.13. The summed E-state index contributed by atoms with van der Waals surface area (Å²) in [7, 11) is 1.75. The van der Waals surface area contributed by atoms with Gasteiger partial charge in [-0.3, -0.25) is 9.48 Å². The Balaban J connectivity index is 2.15. The second kappa shape index (κ2) is 6.21. The number of aliphatic hydroxyl groups excluding tert-OH is 1. The van der Waals surface area contributed by atoms with Crippen LogP contribution >= 0.6 is 0 Å². The maximum atomic E-state index is 12.0. The quantitative estimate of drug-likeness (QED) is 0.868. The molecular formula is C14H17N3O3. The minimum atomic E-state index is -0.293. The minimum absolute atomic E-state index is 0.150. The average molecular weight is 275 g/mol. The second-order valence-corrected chi connectivity index (χ2v) is 4.24. The van der Waals surface area contributed by atoms with Crippen molar-refractivity contribution in [3.63, 3.8) is 0 Å². The summed E-state index contributed by atoms with van der Waals surface area (Å²) in [5.41, 5.74) is 1.56. The molecule has 0 saturated carbocycles. The van der Waals surface area contributed by atoms with Crippen LogP contribution in [0.15, 0.2) is 30.5 Å². The van der Waals surface area contributed by atoms with E-state index in [1.54, 1.807) is 42.2 Å². The van der Waals surface area contributed by atoms with E-state index in [-0.39, 0.29) is 12.5 Å². The zero-order valence-corrected chi connectivity index (χ0v) is 11.5. The summed E-state index contributed by atoms with van der Waals surface area (Å²) in [5.74, 6) is 0.324. The van der Waals surface area contributed by atoms with Gasteiger partial charge in [0.15, 0.2) is 5.69 Å². The van der Waals surface area contributed by atoms with Crippen LogP contribution in [0.4, 0.5) is 5.69 Å². The van der Waals surface area contributed by atoms with Crippen molar-refractivity contribution in [2.45, 2.75) is 13.5 Å². The Bertz CT molecular complexity index is 607. The van der Waals surface area contributed by atoms with E-state index in [4.69, 9.17) is 4.74 Å². The highest BCUT2D eigenvalue weighted by molar-refractivity contribution is 6.02. The van der Waals surface area contributed by atoms with Gasteiger partial charge in [0.05, 0.1) is 13.2 Å². The Labute approximate surface area is 117 Å². The van der Waals surface area contributed by atoms with Gasteiger partial charge in [0.2, 0.25) is 0 Å². The number of carbonyl (C=O) groups is 1. The first kappa shape index (κ1) is 14.1. The van der Waals surface area contributed by atoms with Gasteiger partial charge in [-0.25, -0.2) is 0 Å². The zero-order chi connectivity index (χ0) is 14.5. The van der Waals surface area contributed by atoms with E-state index in [0.717, 1.165) is 0 Å². The Kier molecular flexibility index (Phi) is 4.37. The molecular weight excluding hydrogens is 258 g/mol. The van der Waals surface area contributed by atoms with Crippen LogP contribution in [0.5, 0.6) is 5.75 Å². The number of nitrogens with zero attached hydrogens (tertiary/aromatic N) is 2.